The van der Waals surface area contributed by atoms with E-state index in [1.54, 1.807) is 4.90 Å². The molecule has 1 saturated heterocycles. The van der Waals surface area contributed by atoms with Crippen molar-refractivity contribution < 1.29 is 9.59 Å². The molecule has 0 radical (unpaired) electrons. The summed E-state index contributed by atoms with van der Waals surface area (Å²) in [6.45, 7) is 2.61. The van der Waals surface area contributed by atoms with Crippen LogP contribution in [0, 0.1) is 0 Å². The molecule has 0 aromatic heterocycles. The first-order valence-electron chi connectivity index (χ1n) is 9.70. The van der Waals surface area contributed by atoms with Crippen LogP contribution in [-0.4, -0.2) is 33.6 Å². The van der Waals surface area contributed by atoms with Gasteiger partial charge in [-0.15, -0.1) is 0 Å². The quantitative estimate of drug-likeness (QED) is 0.546. The second kappa shape index (κ2) is 9.51. The van der Waals surface area contributed by atoms with Gasteiger partial charge in [0.2, 0.25) is 5.91 Å². The minimum absolute atomic E-state index is 0.0548. The van der Waals surface area contributed by atoms with Crippen LogP contribution in [0.5, 0.6) is 0 Å². The van der Waals surface area contributed by atoms with Crippen molar-refractivity contribution in [3.8, 4) is 0 Å². The Labute approximate surface area is 170 Å². The Hall–Kier alpha value is -1.66. The molecule has 1 aromatic rings. The molecule has 2 fully saturated rings. The summed E-state index contributed by atoms with van der Waals surface area (Å²) >= 11 is 6.71. The third kappa shape index (κ3) is 5.42. The van der Waals surface area contributed by atoms with E-state index in [-0.39, 0.29) is 11.8 Å². The van der Waals surface area contributed by atoms with Gasteiger partial charge in [0.05, 0.1) is 4.91 Å². The molecule has 0 atom stereocenters. The van der Waals surface area contributed by atoms with Crippen molar-refractivity contribution in [2.24, 2.45) is 0 Å². The minimum Gasteiger partial charge on any atom is -0.353 e. The molecule has 1 saturated carbocycles. The van der Waals surface area contributed by atoms with Gasteiger partial charge in [-0.25, -0.2) is 0 Å². The van der Waals surface area contributed by atoms with Gasteiger partial charge in [0.25, 0.3) is 5.91 Å². The van der Waals surface area contributed by atoms with E-state index in [0.717, 1.165) is 24.8 Å². The van der Waals surface area contributed by atoms with E-state index in [0.29, 0.717) is 34.7 Å². The predicted molar refractivity (Wildman–Crippen MR) is 115 cm³/mol. The highest BCUT2D eigenvalue weighted by atomic mass is 32.2. The Morgan fingerprint density at radius 1 is 1.30 bits per heavy atom. The van der Waals surface area contributed by atoms with Crippen LogP contribution in [0.1, 0.15) is 56.6 Å². The van der Waals surface area contributed by atoms with Gasteiger partial charge >= 0.3 is 0 Å². The maximum atomic E-state index is 12.6. The molecule has 1 aromatic carbocycles. The number of carbonyl (C=O) groups excluding carboxylic acids is 2. The first kappa shape index (κ1) is 20.1. The molecular weight excluding hydrogens is 376 g/mol. The number of nitrogens with one attached hydrogen (secondary N) is 1. The topological polar surface area (TPSA) is 49.4 Å². The number of nitrogens with zero attached hydrogens (tertiary/aromatic N) is 1. The van der Waals surface area contributed by atoms with Crippen molar-refractivity contribution in [3.63, 3.8) is 0 Å². The zero-order chi connectivity index (χ0) is 19.2. The summed E-state index contributed by atoms with van der Waals surface area (Å²) in [5.74, 6) is 0.0275. The van der Waals surface area contributed by atoms with E-state index in [1.165, 1.54) is 30.2 Å². The van der Waals surface area contributed by atoms with E-state index >= 15 is 0 Å². The Morgan fingerprint density at radius 2 is 2.00 bits per heavy atom. The Bertz CT molecular complexity index is 737. The Balaban J connectivity index is 1.51. The lowest BCUT2D eigenvalue weighted by atomic mass is 10.1. The molecule has 4 nitrogen and oxygen atoms in total. The molecule has 0 unspecified atom stereocenters. The fraction of sp³-hybridized carbons (Fsp3) is 0.476. The highest BCUT2D eigenvalue weighted by molar-refractivity contribution is 8.26. The molecule has 3 rings (SSSR count). The van der Waals surface area contributed by atoms with Gasteiger partial charge in [-0.1, -0.05) is 68.0 Å². The van der Waals surface area contributed by atoms with Crippen LogP contribution in [0.2, 0.25) is 0 Å². The molecule has 1 aliphatic carbocycles. The number of benzene rings is 1. The molecule has 144 valence electrons. The standard InChI is InChI=1S/C21H26N2O2S2/c1-2-15-9-11-16(12-10-15)14-18-20(25)23(21(26)27-18)13-5-8-19(24)22-17-6-3-4-7-17/h9-12,14,17H,2-8,13H2,1H3,(H,22,24)/b18-14+. The van der Waals surface area contributed by atoms with Crippen molar-refractivity contribution in [1.82, 2.24) is 10.2 Å². The van der Waals surface area contributed by atoms with Crippen LogP contribution < -0.4 is 5.32 Å². The number of hydrogen-bond donors (Lipinski definition) is 1. The summed E-state index contributed by atoms with van der Waals surface area (Å²) < 4.78 is 0.577. The van der Waals surface area contributed by atoms with Crippen LogP contribution in [-0.2, 0) is 16.0 Å². The van der Waals surface area contributed by atoms with Crippen molar-refractivity contribution in [2.75, 3.05) is 6.54 Å². The number of rotatable bonds is 7. The third-order valence-corrected chi connectivity index (χ3v) is 6.44. The summed E-state index contributed by atoms with van der Waals surface area (Å²) in [6.07, 6.45) is 8.54. The summed E-state index contributed by atoms with van der Waals surface area (Å²) in [5.41, 5.74) is 2.28. The average molecular weight is 403 g/mol. The van der Waals surface area contributed by atoms with Gasteiger partial charge < -0.3 is 5.32 Å². The highest BCUT2D eigenvalue weighted by Gasteiger charge is 2.31. The lowest BCUT2D eigenvalue weighted by Gasteiger charge is -2.15. The lowest BCUT2D eigenvalue weighted by molar-refractivity contribution is -0.124. The smallest absolute Gasteiger partial charge is 0.266 e. The molecule has 0 bridgehead atoms. The maximum absolute atomic E-state index is 12.6. The van der Waals surface area contributed by atoms with Gasteiger partial charge in [0, 0.05) is 19.0 Å². The number of thioether (sulfide) groups is 1. The van der Waals surface area contributed by atoms with E-state index in [2.05, 4.69) is 24.4 Å². The van der Waals surface area contributed by atoms with Crippen LogP contribution in [0.3, 0.4) is 0 Å². The Morgan fingerprint density at radius 3 is 2.67 bits per heavy atom. The lowest BCUT2D eigenvalue weighted by Crippen LogP contribution is -2.34. The minimum atomic E-state index is -0.0548. The summed E-state index contributed by atoms with van der Waals surface area (Å²) in [7, 11) is 0. The molecule has 27 heavy (non-hydrogen) atoms. The van der Waals surface area contributed by atoms with E-state index < -0.39 is 0 Å². The van der Waals surface area contributed by atoms with Crippen molar-refractivity contribution in [1.29, 1.82) is 0 Å². The SMILES string of the molecule is CCc1ccc(/C=C2/SC(=S)N(CCCC(=O)NC3CCCC3)C2=O)cc1. The fourth-order valence-electron chi connectivity index (χ4n) is 3.46. The zero-order valence-corrected chi connectivity index (χ0v) is 17.3. The number of amides is 2. The van der Waals surface area contributed by atoms with Gasteiger partial charge in [0.15, 0.2) is 0 Å². The summed E-state index contributed by atoms with van der Waals surface area (Å²) in [6, 6.07) is 8.55. The predicted octanol–water partition coefficient (Wildman–Crippen LogP) is 4.29. The van der Waals surface area contributed by atoms with E-state index in [9.17, 15) is 9.59 Å². The van der Waals surface area contributed by atoms with Crippen LogP contribution in [0.15, 0.2) is 29.2 Å². The molecule has 1 aliphatic heterocycles. The first-order chi connectivity index (χ1) is 13.1. The molecular formula is C21H26N2O2S2. The molecule has 2 amide bonds. The monoisotopic (exact) mass is 402 g/mol. The van der Waals surface area contributed by atoms with Crippen molar-refractivity contribution >= 4 is 46.2 Å². The number of hydrogen-bond acceptors (Lipinski definition) is 4. The van der Waals surface area contributed by atoms with Gasteiger partial charge in [0.1, 0.15) is 4.32 Å². The molecule has 1 heterocycles. The molecule has 2 aliphatic rings. The molecule has 6 heteroatoms. The van der Waals surface area contributed by atoms with E-state index in [4.69, 9.17) is 12.2 Å². The summed E-state index contributed by atoms with van der Waals surface area (Å²) in [4.78, 5) is 26.9. The second-order valence-corrected chi connectivity index (χ2v) is 8.76. The summed E-state index contributed by atoms with van der Waals surface area (Å²) in [5, 5.41) is 3.09. The van der Waals surface area contributed by atoms with Gasteiger partial charge in [-0.05, 0) is 42.9 Å². The molecule has 0 spiro atoms. The second-order valence-electron chi connectivity index (χ2n) is 7.08. The van der Waals surface area contributed by atoms with Crippen LogP contribution >= 0.6 is 24.0 Å². The zero-order valence-electron chi connectivity index (χ0n) is 15.7. The van der Waals surface area contributed by atoms with Gasteiger partial charge in [-0.3, -0.25) is 14.5 Å². The van der Waals surface area contributed by atoms with Crippen LogP contribution in [0.4, 0.5) is 0 Å². The first-order valence-corrected chi connectivity index (χ1v) is 10.9. The largest absolute Gasteiger partial charge is 0.353 e. The number of thiocarbonyl (C=S) groups is 1. The van der Waals surface area contributed by atoms with Crippen LogP contribution in [0.25, 0.3) is 6.08 Å². The number of aryl methyl sites for hydroxylation is 1. The normalized spacial score (nSPS) is 19.3. The highest BCUT2D eigenvalue weighted by Crippen LogP contribution is 2.32. The third-order valence-electron chi connectivity index (χ3n) is 5.07. The number of carbonyl (C=O) groups is 2. The Kier molecular flexibility index (Phi) is 7.07. The average Bonchev–Trinajstić information content (AvgIpc) is 3.26. The van der Waals surface area contributed by atoms with Gasteiger partial charge in [-0.2, -0.15) is 0 Å². The fourth-order valence-corrected chi connectivity index (χ4v) is 4.77. The van der Waals surface area contributed by atoms with Crippen molar-refractivity contribution in [3.05, 3.63) is 40.3 Å². The molecule has 1 N–H and O–H groups in total. The maximum Gasteiger partial charge on any atom is 0.266 e. The van der Waals surface area contributed by atoms with Crippen molar-refractivity contribution in [2.45, 2.75) is 57.9 Å². The van der Waals surface area contributed by atoms with E-state index in [1.807, 2.05) is 18.2 Å².